The molecule has 0 saturated heterocycles. The van der Waals surface area contributed by atoms with Crippen LogP contribution in [0.5, 0.6) is 0 Å². The van der Waals surface area contributed by atoms with Gasteiger partial charge in [-0.15, -0.1) is 0 Å². The number of methoxy groups -OCH3 is 1. The molecule has 0 saturated carbocycles. The van der Waals surface area contributed by atoms with E-state index in [1.807, 2.05) is 48.5 Å². The summed E-state index contributed by atoms with van der Waals surface area (Å²) in [6.45, 7) is 0. The molecular formula is C17H16O2Se. The van der Waals surface area contributed by atoms with E-state index >= 15 is 0 Å². The first-order valence-corrected chi connectivity index (χ1v) is 8.72. The van der Waals surface area contributed by atoms with E-state index in [0.29, 0.717) is 15.0 Å². The van der Waals surface area contributed by atoms with Gasteiger partial charge in [0, 0.05) is 0 Å². The van der Waals surface area contributed by atoms with Crippen molar-refractivity contribution in [1.82, 2.24) is 0 Å². The van der Waals surface area contributed by atoms with E-state index in [2.05, 4.69) is 6.07 Å². The molecule has 0 fully saturated rings. The normalized spacial score (nSPS) is 19.4. The van der Waals surface area contributed by atoms with E-state index in [1.54, 1.807) is 7.11 Å². The van der Waals surface area contributed by atoms with Gasteiger partial charge in [-0.1, -0.05) is 0 Å². The van der Waals surface area contributed by atoms with Crippen LogP contribution in [0.15, 0.2) is 54.6 Å². The summed E-state index contributed by atoms with van der Waals surface area (Å²) in [6.07, 6.45) is -0.140. The molecule has 2 nitrogen and oxygen atoms in total. The molecule has 2 aromatic rings. The molecule has 2 aromatic carbocycles. The molecule has 0 aliphatic carbocycles. The zero-order valence-corrected chi connectivity index (χ0v) is 13.0. The summed E-state index contributed by atoms with van der Waals surface area (Å²) in [5, 5.41) is 0.913. The Balaban J connectivity index is 1.93. The van der Waals surface area contributed by atoms with Crippen LogP contribution in [0.4, 0.5) is 0 Å². The molecule has 0 radical (unpaired) electrons. The predicted molar refractivity (Wildman–Crippen MR) is 80.6 cm³/mol. The van der Waals surface area contributed by atoms with Gasteiger partial charge < -0.3 is 0 Å². The summed E-state index contributed by atoms with van der Waals surface area (Å²) in [5.74, 6) is 0.168. The fourth-order valence-corrected chi connectivity index (χ4v) is 5.14. The van der Waals surface area contributed by atoms with E-state index in [4.69, 9.17) is 4.74 Å². The van der Waals surface area contributed by atoms with Crippen molar-refractivity contribution in [2.75, 3.05) is 7.11 Å². The second kappa shape index (κ2) is 5.92. The number of carbonyl (C=O) groups is 1. The van der Waals surface area contributed by atoms with Crippen LogP contribution in [0.1, 0.15) is 22.0 Å². The number of Topliss-reactive ketones (excluding diaryl/α,β-unsaturated/α-hetero) is 1. The minimum atomic E-state index is -0.140. The van der Waals surface area contributed by atoms with E-state index in [9.17, 15) is 4.79 Å². The van der Waals surface area contributed by atoms with Gasteiger partial charge in [-0.25, -0.2) is 0 Å². The summed E-state index contributed by atoms with van der Waals surface area (Å²) >= 11 is 0.348. The molecule has 0 spiro atoms. The van der Waals surface area contributed by atoms with Crippen LogP contribution in [0.2, 0.25) is 5.32 Å². The molecule has 1 aliphatic rings. The standard InChI is InChI=1S/C17H16O2Se/c1-19-17(12-7-3-2-4-8-12)14-11-20-15-10-6-5-9-13(15)16(14)18/h2-10,14,17H,11H2,1H3/t14-,17-/m1/s1. The Labute approximate surface area is 125 Å². The molecule has 1 aliphatic heterocycles. The van der Waals surface area contributed by atoms with Gasteiger partial charge >= 0.3 is 125 Å². The third-order valence-corrected chi connectivity index (χ3v) is 6.16. The topological polar surface area (TPSA) is 26.3 Å². The van der Waals surface area contributed by atoms with E-state index in [0.717, 1.165) is 16.4 Å². The third-order valence-electron chi connectivity index (χ3n) is 3.66. The van der Waals surface area contributed by atoms with Crippen LogP contribution in [-0.4, -0.2) is 27.8 Å². The molecule has 20 heavy (non-hydrogen) atoms. The van der Waals surface area contributed by atoms with Crippen LogP contribution in [0, 0.1) is 5.92 Å². The molecule has 0 aromatic heterocycles. The molecular weight excluding hydrogens is 315 g/mol. The first-order valence-electron chi connectivity index (χ1n) is 6.65. The molecule has 0 amide bonds. The van der Waals surface area contributed by atoms with Gasteiger partial charge in [0.25, 0.3) is 0 Å². The second-order valence-electron chi connectivity index (χ2n) is 4.84. The van der Waals surface area contributed by atoms with Crippen molar-refractivity contribution >= 4 is 25.2 Å². The Morgan fingerprint density at radius 1 is 1.10 bits per heavy atom. The SMILES string of the molecule is CO[C@H](c1ccccc1)[C@@H]1C[Se]c2ccccc2C1=O. The van der Waals surface area contributed by atoms with Crippen molar-refractivity contribution in [2.45, 2.75) is 11.4 Å². The zero-order chi connectivity index (χ0) is 13.9. The van der Waals surface area contributed by atoms with Gasteiger partial charge in [0.2, 0.25) is 0 Å². The number of carbonyl (C=O) groups excluding carboxylic acids is 1. The fourth-order valence-electron chi connectivity index (χ4n) is 2.65. The van der Waals surface area contributed by atoms with Gasteiger partial charge in [0.1, 0.15) is 0 Å². The van der Waals surface area contributed by atoms with Crippen LogP contribution < -0.4 is 4.46 Å². The quantitative estimate of drug-likeness (QED) is 0.809. The van der Waals surface area contributed by atoms with Gasteiger partial charge in [-0.2, -0.15) is 0 Å². The number of fused-ring (bicyclic) bond motifs is 1. The molecule has 2 atom stereocenters. The summed E-state index contributed by atoms with van der Waals surface area (Å²) in [6, 6.07) is 18.0. The third kappa shape index (κ3) is 2.45. The Bertz CT molecular complexity index is 609. The molecule has 0 unspecified atom stereocenters. The van der Waals surface area contributed by atoms with Crippen molar-refractivity contribution in [1.29, 1.82) is 0 Å². The van der Waals surface area contributed by atoms with Crippen molar-refractivity contribution < 1.29 is 9.53 Å². The average molecular weight is 331 g/mol. The zero-order valence-electron chi connectivity index (χ0n) is 11.3. The van der Waals surface area contributed by atoms with Crippen LogP contribution >= 0.6 is 0 Å². The monoisotopic (exact) mass is 332 g/mol. The maximum atomic E-state index is 12.7. The summed E-state index contributed by atoms with van der Waals surface area (Å²) in [7, 11) is 1.69. The van der Waals surface area contributed by atoms with Crippen molar-refractivity contribution in [3.63, 3.8) is 0 Å². The van der Waals surface area contributed by atoms with Crippen molar-refractivity contribution in [2.24, 2.45) is 5.92 Å². The molecule has 102 valence electrons. The average Bonchev–Trinajstić information content (AvgIpc) is 2.51. The summed E-state index contributed by atoms with van der Waals surface area (Å²) < 4.78 is 6.88. The van der Waals surface area contributed by atoms with Crippen LogP contribution in [0.3, 0.4) is 0 Å². The van der Waals surface area contributed by atoms with Crippen molar-refractivity contribution in [3.8, 4) is 0 Å². The number of hydrogen-bond donors (Lipinski definition) is 0. The summed E-state index contributed by atoms with van der Waals surface area (Å²) in [5.41, 5.74) is 1.98. The minimum absolute atomic E-state index is 0.0581. The molecule has 1 heterocycles. The number of rotatable bonds is 3. The maximum absolute atomic E-state index is 12.7. The Morgan fingerprint density at radius 2 is 1.80 bits per heavy atom. The first-order chi connectivity index (χ1) is 9.81. The van der Waals surface area contributed by atoms with Gasteiger partial charge in [0.05, 0.1) is 0 Å². The van der Waals surface area contributed by atoms with Gasteiger partial charge in [-0.05, 0) is 0 Å². The van der Waals surface area contributed by atoms with Crippen molar-refractivity contribution in [3.05, 3.63) is 65.7 Å². The molecule has 3 heteroatoms. The Morgan fingerprint density at radius 3 is 2.55 bits per heavy atom. The van der Waals surface area contributed by atoms with E-state index in [-0.39, 0.29) is 17.8 Å². The Hall–Kier alpha value is -1.41. The molecule has 0 N–H and O–H groups in total. The second-order valence-corrected chi connectivity index (χ2v) is 7.07. The fraction of sp³-hybridized carbons (Fsp3) is 0.235. The Kier molecular flexibility index (Phi) is 4.02. The number of hydrogen-bond acceptors (Lipinski definition) is 2. The van der Waals surface area contributed by atoms with Crippen LogP contribution in [0.25, 0.3) is 0 Å². The van der Waals surface area contributed by atoms with Gasteiger partial charge in [-0.3, -0.25) is 0 Å². The van der Waals surface area contributed by atoms with Gasteiger partial charge in [0.15, 0.2) is 0 Å². The first kappa shape index (κ1) is 13.6. The number of benzene rings is 2. The summed E-state index contributed by atoms with van der Waals surface area (Å²) in [4.78, 5) is 12.7. The van der Waals surface area contributed by atoms with E-state index in [1.165, 1.54) is 4.46 Å². The molecule has 0 bridgehead atoms. The van der Waals surface area contributed by atoms with Crippen LogP contribution in [-0.2, 0) is 4.74 Å². The number of ether oxygens (including phenoxy) is 1. The van der Waals surface area contributed by atoms with E-state index < -0.39 is 0 Å². The number of ketones is 1. The predicted octanol–water partition coefficient (Wildman–Crippen LogP) is 2.63. The molecule has 3 rings (SSSR count).